The molecular formula is C16H24N6O. The van der Waals surface area contributed by atoms with Crippen molar-refractivity contribution in [3.8, 4) is 0 Å². The molecule has 0 aliphatic carbocycles. The van der Waals surface area contributed by atoms with Gasteiger partial charge in [-0.15, -0.1) is 0 Å². The van der Waals surface area contributed by atoms with Crippen LogP contribution >= 0.6 is 0 Å². The van der Waals surface area contributed by atoms with E-state index in [9.17, 15) is 4.79 Å². The Kier molecular flexibility index (Phi) is 4.76. The van der Waals surface area contributed by atoms with E-state index in [0.717, 1.165) is 39.1 Å². The molecule has 2 aromatic heterocycles. The smallest absolute Gasteiger partial charge is 0.245 e. The maximum atomic E-state index is 12.7. The maximum absolute atomic E-state index is 12.7. The molecule has 0 N–H and O–H groups in total. The van der Waals surface area contributed by atoms with Gasteiger partial charge in [-0.1, -0.05) is 0 Å². The maximum Gasteiger partial charge on any atom is 0.245 e. The Morgan fingerprint density at radius 2 is 2.17 bits per heavy atom. The third-order valence-electron chi connectivity index (χ3n) is 4.39. The number of rotatable bonds is 4. The van der Waals surface area contributed by atoms with E-state index in [1.807, 2.05) is 40.5 Å². The van der Waals surface area contributed by atoms with E-state index in [-0.39, 0.29) is 11.9 Å². The molecule has 1 aliphatic heterocycles. The minimum absolute atomic E-state index is 0.172. The number of imidazole rings is 1. The van der Waals surface area contributed by atoms with Crippen LogP contribution in [0.2, 0.25) is 0 Å². The van der Waals surface area contributed by atoms with Crippen molar-refractivity contribution in [1.29, 1.82) is 0 Å². The van der Waals surface area contributed by atoms with E-state index in [1.165, 1.54) is 5.56 Å². The zero-order chi connectivity index (χ0) is 16.2. The fourth-order valence-corrected chi connectivity index (χ4v) is 3.05. The number of hydrogen-bond donors (Lipinski definition) is 0. The molecule has 7 heteroatoms. The van der Waals surface area contributed by atoms with Gasteiger partial charge in [-0.3, -0.25) is 14.4 Å². The molecule has 7 nitrogen and oxygen atoms in total. The van der Waals surface area contributed by atoms with Crippen molar-refractivity contribution in [2.45, 2.75) is 25.9 Å². The molecule has 0 spiro atoms. The molecule has 2 aromatic rings. The van der Waals surface area contributed by atoms with Crippen LogP contribution in [0.15, 0.2) is 31.1 Å². The van der Waals surface area contributed by atoms with Gasteiger partial charge >= 0.3 is 0 Å². The minimum atomic E-state index is -0.192. The summed E-state index contributed by atoms with van der Waals surface area (Å²) in [6, 6.07) is -0.192. The van der Waals surface area contributed by atoms with Gasteiger partial charge in [-0.05, 0) is 13.3 Å². The van der Waals surface area contributed by atoms with Crippen molar-refractivity contribution in [2.75, 3.05) is 26.2 Å². The van der Waals surface area contributed by atoms with E-state index in [0.29, 0.717) is 0 Å². The molecule has 1 atom stereocenters. The molecule has 3 heterocycles. The van der Waals surface area contributed by atoms with Crippen LogP contribution in [0.1, 0.15) is 24.9 Å². The summed E-state index contributed by atoms with van der Waals surface area (Å²) in [6.07, 6.45) is 10.2. The van der Waals surface area contributed by atoms with Crippen molar-refractivity contribution < 1.29 is 4.79 Å². The Labute approximate surface area is 136 Å². The summed E-state index contributed by atoms with van der Waals surface area (Å²) in [6.45, 7) is 6.34. The lowest BCUT2D eigenvalue weighted by Gasteiger charge is -2.25. The lowest BCUT2D eigenvalue weighted by Crippen LogP contribution is -2.38. The average molecular weight is 316 g/mol. The number of amides is 1. The highest BCUT2D eigenvalue weighted by Gasteiger charge is 2.24. The van der Waals surface area contributed by atoms with Crippen molar-refractivity contribution in [2.24, 2.45) is 7.05 Å². The van der Waals surface area contributed by atoms with Crippen molar-refractivity contribution >= 4 is 5.91 Å². The van der Waals surface area contributed by atoms with Crippen LogP contribution < -0.4 is 0 Å². The second-order valence-corrected chi connectivity index (χ2v) is 6.16. The molecular weight excluding hydrogens is 292 g/mol. The van der Waals surface area contributed by atoms with Crippen LogP contribution in [0, 0.1) is 0 Å². The van der Waals surface area contributed by atoms with Crippen molar-refractivity contribution in [3.05, 3.63) is 36.7 Å². The average Bonchev–Trinajstić information content (AvgIpc) is 3.15. The largest absolute Gasteiger partial charge is 0.340 e. The van der Waals surface area contributed by atoms with Gasteiger partial charge < -0.3 is 9.47 Å². The first-order chi connectivity index (χ1) is 11.1. The highest BCUT2D eigenvalue weighted by molar-refractivity contribution is 5.80. The SMILES string of the molecule is C[C@@H](C(=O)N1CCCN(Cc2cnn(C)c2)CC1)n1ccnc1. The molecule has 1 amide bonds. The van der Waals surface area contributed by atoms with Crippen LogP contribution in [0.4, 0.5) is 0 Å². The van der Waals surface area contributed by atoms with Gasteiger partial charge in [0.15, 0.2) is 0 Å². The highest BCUT2D eigenvalue weighted by atomic mass is 16.2. The fraction of sp³-hybridized carbons (Fsp3) is 0.562. The minimum Gasteiger partial charge on any atom is -0.340 e. The van der Waals surface area contributed by atoms with E-state index in [2.05, 4.69) is 21.2 Å². The molecule has 0 bridgehead atoms. The van der Waals surface area contributed by atoms with Gasteiger partial charge in [0.05, 0.1) is 12.5 Å². The predicted molar refractivity (Wildman–Crippen MR) is 86.6 cm³/mol. The Morgan fingerprint density at radius 1 is 1.30 bits per heavy atom. The van der Waals surface area contributed by atoms with Gasteiger partial charge in [0.1, 0.15) is 6.04 Å². The molecule has 0 aromatic carbocycles. The Bertz CT molecular complexity index is 635. The number of nitrogens with zero attached hydrogens (tertiary/aromatic N) is 6. The molecule has 1 saturated heterocycles. The topological polar surface area (TPSA) is 59.2 Å². The van der Waals surface area contributed by atoms with E-state index < -0.39 is 0 Å². The Balaban J connectivity index is 1.56. The lowest BCUT2D eigenvalue weighted by atomic mass is 10.2. The first kappa shape index (κ1) is 15.7. The number of aryl methyl sites for hydroxylation is 1. The summed E-state index contributed by atoms with van der Waals surface area (Å²) in [5.41, 5.74) is 1.22. The summed E-state index contributed by atoms with van der Waals surface area (Å²) in [7, 11) is 1.93. The normalized spacial score (nSPS) is 17.9. The fourth-order valence-electron chi connectivity index (χ4n) is 3.05. The lowest BCUT2D eigenvalue weighted by molar-refractivity contribution is -0.134. The third-order valence-corrected chi connectivity index (χ3v) is 4.39. The van der Waals surface area contributed by atoms with Crippen molar-refractivity contribution in [1.82, 2.24) is 29.1 Å². The first-order valence-corrected chi connectivity index (χ1v) is 8.09. The molecule has 23 heavy (non-hydrogen) atoms. The van der Waals surface area contributed by atoms with Gasteiger partial charge in [0.2, 0.25) is 5.91 Å². The van der Waals surface area contributed by atoms with Gasteiger partial charge in [0.25, 0.3) is 0 Å². The molecule has 3 rings (SSSR count). The predicted octanol–water partition coefficient (Wildman–Crippen LogP) is 0.912. The standard InChI is InChI=1S/C16H24N6O/c1-14(22-7-4-17-13-22)16(23)21-6-3-5-20(8-9-21)12-15-10-18-19(2)11-15/h4,7,10-11,13-14H,3,5-6,8-9,12H2,1-2H3/t14-/m0/s1. The monoisotopic (exact) mass is 316 g/mol. The summed E-state index contributed by atoms with van der Waals surface area (Å²) in [5.74, 6) is 0.172. The zero-order valence-electron chi connectivity index (χ0n) is 13.8. The Hall–Kier alpha value is -2.15. The molecule has 0 saturated carbocycles. The summed E-state index contributed by atoms with van der Waals surface area (Å²) >= 11 is 0. The van der Waals surface area contributed by atoms with E-state index >= 15 is 0 Å². The summed E-state index contributed by atoms with van der Waals surface area (Å²) in [5, 5.41) is 4.22. The molecule has 1 fully saturated rings. The van der Waals surface area contributed by atoms with Crippen LogP contribution in [0.5, 0.6) is 0 Å². The highest BCUT2D eigenvalue weighted by Crippen LogP contribution is 2.13. The van der Waals surface area contributed by atoms with Crippen LogP contribution in [-0.4, -0.2) is 61.2 Å². The van der Waals surface area contributed by atoms with Gasteiger partial charge in [-0.2, -0.15) is 5.10 Å². The number of carbonyl (C=O) groups excluding carboxylic acids is 1. The van der Waals surface area contributed by atoms with Crippen molar-refractivity contribution in [3.63, 3.8) is 0 Å². The summed E-state index contributed by atoms with van der Waals surface area (Å²) < 4.78 is 3.69. The molecule has 0 radical (unpaired) electrons. The number of aromatic nitrogens is 4. The number of carbonyl (C=O) groups is 1. The Morgan fingerprint density at radius 3 is 2.87 bits per heavy atom. The number of hydrogen-bond acceptors (Lipinski definition) is 4. The summed E-state index contributed by atoms with van der Waals surface area (Å²) in [4.78, 5) is 21.1. The molecule has 124 valence electrons. The van der Waals surface area contributed by atoms with Gasteiger partial charge in [-0.25, -0.2) is 4.98 Å². The second kappa shape index (κ2) is 6.95. The van der Waals surface area contributed by atoms with E-state index in [1.54, 1.807) is 12.5 Å². The van der Waals surface area contributed by atoms with Gasteiger partial charge in [0, 0.05) is 63.9 Å². The quantitative estimate of drug-likeness (QED) is 0.841. The first-order valence-electron chi connectivity index (χ1n) is 8.09. The third kappa shape index (κ3) is 3.79. The second-order valence-electron chi connectivity index (χ2n) is 6.16. The van der Waals surface area contributed by atoms with Crippen LogP contribution in [0.25, 0.3) is 0 Å². The molecule has 1 aliphatic rings. The zero-order valence-corrected chi connectivity index (χ0v) is 13.8. The van der Waals surface area contributed by atoms with Crippen LogP contribution in [-0.2, 0) is 18.4 Å². The van der Waals surface area contributed by atoms with Crippen LogP contribution in [0.3, 0.4) is 0 Å². The van der Waals surface area contributed by atoms with E-state index in [4.69, 9.17) is 0 Å². The molecule has 0 unspecified atom stereocenters.